The maximum absolute atomic E-state index is 12.0. The van der Waals surface area contributed by atoms with Crippen molar-refractivity contribution >= 4 is 17.8 Å². The van der Waals surface area contributed by atoms with Crippen molar-refractivity contribution in [3.63, 3.8) is 0 Å². The molecule has 1 aliphatic heterocycles. The summed E-state index contributed by atoms with van der Waals surface area (Å²) >= 11 is 0. The van der Waals surface area contributed by atoms with Gasteiger partial charge in [0, 0.05) is 19.0 Å². The lowest BCUT2D eigenvalue weighted by molar-refractivity contribution is -0.192. The van der Waals surface area contributed by atoms with E-state index in [1.807, 2.05) is 48.2 Å². The number of rotatable bonds is 7. The molecule has 1 saturated heterocycles. The van der Waals surface area contributed by atoms with Gasteiger partial charge in [0.2, 0.25) is 0 Å². The molecule has 0 spiro atoms. The number of aryl methyl sites for hydroxylation is 1. The van der Waals surface area contributed by atoms with Crippen LogP contribution in [-0.4, -0.2) is 58.3 Å². The summed E-state index contributed by atoms with van der Waals surface area (Å²) in [6.07, 6.45) is -4.26. The maximum atomic E-state index is 12.0. The minimum absolute atomic E-state index is 0.0127. The second-order valence-electron chi connectivity index (χ2n) is 7.76. The van der Waals surface area contributed by atoms with Gasteiger partial charge in [-0.05, 0) is 36.6 Å². The fourth-order valence-electron chi connectivity index (χ4n) is 3.60. The molecular weight excluding hydrogens is 457 g/mol. The molecule has 11 heteroatoms. The molecule has 2 aromatic carbocycles. The lowest BCUT2D eigenvalue weighted by atomic mass is 9.91. The van der Waals surface area contributed by atoms with Gasteiger partial charge in [-0.15, -0.1) is 0 Å². The Morgan fingerprint density at radius 3 is 2.09 bits per heavy atom. The average molecular weight is 482 g/mol. The Morgan fingerprint density at radius 2 is 1.62 bits per heavy atom. The molecule has 2 unspecified atom stereocenters. The summed E-state index contributed by atoms with van der Waals surface area (Å²) in [5.41, 5.74) is 8.30. The molecule has 184 valence electrons. The highest BCUT2D eigenvalue weighted by Crippen LogP contribution is 2.35. The van der Waals surface area contributed by atoms with Gasteiger partial charge < -0.3 is 20.7 Å². The summed E-state index contributed by atoms with van der Waals surface area (Å²) < 4.78 is 37.0. The largest absolute Gasteiger partial charge is 0.490 e. The molecule has 3 rings (SSSR count). The van der Waals surface area contributed by atoms with Gasteiger partial charge in [0.05, 0.1) is 0 Å². The van der Waals surface area contributed by atoms with E-state index in [0.717, 1.165) is 24.1 Å². The number of benzene rings is 2. The second kappa shape index (κ2) is 11.5. The molecule has 0 saturated carbocycles. The number of nitrogens with two attached hydrogens (primary N) is 1. The van der Waals surface area contributed by atoms with Crippen LogP contribution in [0.3, 0.4) is 0 Å². The van der Waals surface area contributed by atoms with E-state index in [0.29, 0.717) is 12.3 Å². The van der Waals surface area contributed by atoms with Gasteiger partial charge in [-0.2, -0.15) is 13.2 Å². The third kappa shape index (κ3) is 7.77. The molecule has 0 aliphatic carbocycles. The van der Waals surface area contributed by atoms with E-state index in [4.69, 9.17) is 20.4 Å². The van der Waals surface area contributed by atoms with Crippen LogP contribution in [0.5, 0.6) is 5.75 Å². The number of carbonyl (C=O) groups is 3. The van der Waals surface area contributed by atoms with Crippen LogP contribution >= 0.6 is 0 Å². The first-order valence-electron chi connectivity index (χ1n) is 10.2. The van der Waals surface area contributed by atoms with E-state index in [1.54, 1.807) is 12.1 Å². The molecule has 2 aromatic rings. The fourth-order valence-corrected chi connectivity index (χ4v) is 3.60. The lowest BCUT2D eigenvalue weighted by Gasteiger charge is -2.25. The number of carbonyl (C=O) groups excluding carboxylic acids is 1. The van der Waals surface area contributed by atoms with Gasteiger partial charge in [-0.3, -0.25) is 14.5 Å². The van der Waals surface area contributed by atoms with Gasteiger partial charge >= 0.3 is 18.1 Å². The van der Waals surface area contributed by atoms with Crippen molar-refractivity contribution in [2.75, 3.05) is 13.2 Å². The van der Waals surface area contributed by atoms with Crippen molar-refractivity contribution in [2.24, 2.45) is 5.73 Å². The van der Waals surface area contributed by atoms with Gasteiger partial charge in [-0.25, -0.2) is 4.79 Å². The van der Waals surface area contributed by atoms with Gasteiger partial charge in [-0.1, -0.05) is 42.0 Å². The van der Waals surface area contributed by atoms with Crippen molar-refractivity contribution in [3.8, 4) is 5.75 Å². The van der Waals surface area contributed by atoms with Crippen LogP contribution in [0.1, 0.15) is 29.0 Å². The molecule has 1 aliphatic rings. The van der Waals surface area contributed by atoms with Crippen molar-refractivity contribution in [2.45, 2.75) is 38.0 Å². The second-order valence-corrected chi connectivity index (χ2v) is 7.76. The zero-order chi connectivity index (χ0) is 25.5. The zero-order valence-electron chi connectivity index (χ0n) is 18.3. The number of halogens is 3. The fraction of sp³-hybridized carbons (Fsp3) is 0.348. The van der Waals surface area contributed by atoms with E-state index in [1.165, 1.54) is 5.56 Å². The molecule has 1 amide bonds. The molecule has 8 nitrogen and oxygen atoms in total. The highest BCUT2D eigenvalue weighted by atomic mass is 19.4. The minimum Gasteiger partial charge on any atom is -0.484 e. The zero-order valence-corrected chi connectivity index (χ0v) is 18.3. The molecule has 0 bridgehead atoms. The number of likely N-dealkylation sites (tertiary alicyclic amines) is 1. The lowest BCUT2D eigenvalue weighted by Crippen LogP contribution is -2.38. The third-order valence-electron chi connectivity index (χ3n) is 5.19. The van der Waals surface area contributed by atoms with Crippen LogP contribution in [-0.2, 0) is 20.9 Å². The summed E-state index contributed by atoms with van der Waals surface area (Å²) in [5, 5.41) is 16.9. The first kappa shape index (κ1) is 26.7. The Labute approximate surface area is 193 Å². The highest BCUT2D eigenvalue weighted by molar-refractivity contribution is 5.76. The molecule has 34 heavy (non-hydrogen) atoms. The van der Waals surface area contributed by atoms with Crippen molar-refractivity contribution < 1.29 is 42.5 Å². The van der Waals surface area contributed by atoms with Crippen molar-refractivity contribution in [3.05, 3.63) is 65.2 Å². The predicted octanol–water partition coefficient (Wildman–Crippen LogP) is 2.94. The Balaban J connectivity index is 0.000000509. The molecule has 2 atom stereocenters. The number of aliphatic carboxylic acids is 2. The number of hydrogen-bond acceptors (Lipinski definition) is 5. The summed E-state index contributed by atoms with van der Waals surface area (Å²) in [6.45, 7) is 3.14. The minimum atomic E-state index is -5.08. The summed E-state index contributed by atoms with van der Waals surface area (Å²) in [5.74, 6) is -3.53. The van der Waals surface area contributed by atoms with Crippen LogP contribution in [0.15, 0.2) is 48.5 Å². The number of ether oxygens (including phenoxy) is 1. The smallest absolute Gasteiger partial charge is 0.484 e. The highest BCUT2D eigenvalue weighted by Gasteiger charge is 2.40. The summed E-state index contributed by atoms with van der Waals surface area (Å²) in [6, 6.07) is 14.9. The number of amides is 1. The van der Waals surface area contributed by atoms with Crippen molar-refractivity contribution in [1.82, 2.24) is 4.90 Å². The van der Waals surface area contributed by atoms with Crippen LogP contribution in [0.2, 0.25) is 0 Å². The van der Waals surface area contributed by atoms with Crippen LogP contribution < -0.4 is 10.5 Å². The maximum Gasteiger partial charge on any atom is 0.490 e. The Hall–Kier alpha value is -3.60. The number of hydrogen-bond donors (Lipinski definition) is 3. The number of primary amides is 1. The first-order chi connectivity index (χ1) is 15.9. The molecule has 0 aromatic heterocycles. The predicted molar refractivity (Wildman–Crippen MR) is 115 cm³/mol. The molecule has 1 fully saturated rings. The summed E-state index contributed by atoms with van der Waals surface area (Å²) in [4.78, 5) is 33.6. The van der Waals surface area contributed by atoms with Crippen LogP contribution in [0.4, 0.5) is 13.2 Å². The molecular formula is C23H25F3N2O6. The van der Waals surface area contributed by atoms with Crippen LogP contribution in [0.25, 0.3) is 0 Å². The topological polar surface area (TPSA) is 130 Å². The van der Waals surface area contributed by atoms with E-state index in [-0.39, 0.29) is 12.5 Å². The third-order valence-corrected chi connectivity index (χ3v) is 5.19. The first-order valence-corrected chi connectivity index (χ1v) is 10.2. The monoisotopic (exact) mass is 482 g/mol. The van der Waals surface area contributed by atoms with Gasteiger partial charge in [0.15, 0.2) is 6.61 Å². The van der Waals surface area contributed by atoms with E-state index < -0.39 is 30.1 Å². The quantitative estimate of drug-likeness (QED) is 0.553. The standard InChI is InChI=1S/C21H24N2O4.C2HF3O2/c1-14-2-6-16(7-3-14)18-10-11-23(20(18)21(25)26)12-15-4-8-17(9-5-15)27-13-19(22)24;3-2(4,5)1(6)7/h2-9,18,20H,10-13H2,1H3,(H2,22,24)(H,25,26);(H,6,7). The normalized spacial score (nSPS) is 18.0. The Morgan fingerprint density at radius 1 is 1.06 bits per heavy atom. The number of alkyl halides is 3. The number of carboxylic acids is 2. The van der Waals surface area contributed by atoms with E-state index in [2.05, 4.69) is 0 Å². The van der Waals surface area contributed by atoms with Gasteiger partial charge in [0.25, 0.3) is 5.91 Å². The number of carboxylic acid groups (broad SMARTS) is 2. The average Bonchev–Trinajstić information content (AvgIpc) is 3.17. The summed E-state index contributed by atoms with van der Waals surface area (Å²) in [7, 11) is 0. The Bertz CT molecular complexity index is 993. The molecule has 4 N–H and O–H groups in total. The van der Waals surface area contributed by atoms with Crippen molar-refractivity contribution in [1.29, 1.82) is 0 Å². The molecule has 0 radical (unpaired) electrons. The van der Waals surface area contributed by atoms with Gasteiger partial charge in [0.1, 0.15) is 11.8 Å². The number of nitrogens with zero attached hydrogens (tertiary/aromatic N) is 1. The van der Waals surface area contributed by atoms with Crippen LogP contribution in [0, 0.1) is 6.92 Å². The van der Waals surface area contributed by atoms with E-state index >= 15 is 0 Å². The van der Waals surface area contributed by atoms with E-state index in [9.17, 15) is 27.9 Å². The SMILES string of the molecule is Cc1ccc(C2CCN(Cc3ccc(OCC(N)=O)cc3)C2C(=O)O)cc1.O=C(O)C(F)(F)F. The Kier molecular flexibility index (Phi) is 9.02. The molecule has 1 heterocycles.